The Morgan fingerprint density at radius 1 is 1.04 bits per heavy atom. The summed E-state index contributed by atoms with van der Waals surface area (Å²) < 4.78 is 26.9. The van der Waals surface area contributed by atoms with Crippen molar-refractivity contribution in [2.24, 2.45) is 0 Å². The molecule has 2 fully saturated rings. The third kappa shape index (κ3) is 4.27. The summed E-state index contributed by atoms with van der Waals surface area (Å²) in [5, 5.41) is 0. The average Bonchev–Trinajstić information content (AvgIpc) is 2.69. The molecule has 0 spiro atoms. The fraction of sp³-hybridized carbons (Fsp3) is 0.632. The Balaban J connectivity index is 1.54. The van der Waals surface area contributed by atoms with E-state index in [1.165, 1.54) is 10.7 Å². The molecule has 0 aromatic heterocycles. The van der Waals surface area contributed by atoms with Crippen molar-refractivity contribution in [3.63, 3.8) is 0 Å². The first-order chi connectivity index (χ1) is 12.5. The Morgan fingerprint density at radius 2 is 1.73 bits per heavy atom. The lowest BCUT2D eigenvalue weighted by Gasteiger charge is -2.38. The smallest absolute Gasteiger partial charge is 0.243 e. The molecule has 6 nitrogen and oxygen atoms in total. The minimum atomic E-state index is -3.44. The van der Waals surface area contributed by atoms with E-state index in [0.717, 1.165) is 25.8 Å². The molecule has 0 aliphatic carbocycles. The molecule has 7 heteroatoms. The summed E-state index contributed by atoms with van der Waals surface area (Å²) in [6, 6.07) is 8.93. The van der Waals surface area contributed by atoms with Crippen molar-refractivity contribution in [1.29, 1.82) is 0 Å². The van der Waals surface area contributed by atoms with E-state index in [0.29, 0.717) is 43.7 Å². The molecule has 2 heterocycles. The fourth-order valence-corrected chi connectivity index (χ4v) is 5.35. The minimum Gasteiger partial charge on any atom is -0.339 e. The lowest BCUT2D eigenvalue weighted by Crippen LogP contribution is -2.53. The third-order valence-corrected chi connectivity index (χ3v) is 7.40. The molecule has 3 rings (SSSR count). The molecule has 144 valence electrons. The van der Waals surface area contributed by atoms with E-state index >= 15 is 0 Å². The van der Waals surface area contributed by atoms with Crippen molar-refractivity contribution in [2.45, 2.75) is 43.5 Å². The summed E-state index contributed by atoms with van der Waals surface area (Å²) in [6.45, 7) is 5.47. The van der Waals surface area contributed by atoms with Crippen LogP contribution in [0.25, 0.3) is 0 Å². The second-order valence-electron chi connectivity index (χ2n) is 7.14. The number of rotatable bonds is 5. The van der Waals surface area contributed by atoms with Crippen LogP contribution >= 0.6 is 0 Å². The number of amides is 1. The molecule has 2 aliphatic heterocycles. The molecule has 0 radical (unpaired) electrons. The molecule has 0 N–H and O–H groups in total. The number of benzene rings is 1. The zero-order valence-corrected chi connectivity index (χ0v) is 16.3. The van der Waals surface area contributed by atoms with Gasteiger partial charge >= 0.3 is 0 Å². The highest BCUT2D eigenvalue weighted by atomic mass is 32.2. The lowest BCUT2D eigenvalue weighted by molar-refractivity contribution is -0.136. The Kier molecular flexibility index (Phi) is 6.32. The van der Waals surface area contributed by atoms with Gasteiger partial charge in [0.05, 0.1) is 11.4 Å². The van der Waals surface area contributed by atoms with Crippen molar-refractivity contribution in [3.8, 4) is 0 Å². The summed E-state index contributed by atoms with van der Waals surface area (Å²) in [6.07, 6.45) is 4.41. The minimum absolute atomic E-state index is 0.191. The SMILES string of the molecule is CCC1CCCCN1C(=O)CN1CCN(S(=O)(=O)c2ccccc2)CC1. The number of nitrogens with zero attached hydrogens (tertiary/aromatic N) is 3. The fourth-order valence-electron chi connectivity index (χ4n) is 3.91. The number of carbonyl (C=O) groups is 1. The molecule has 0 bridgehead atoms. The Bertz CT molecular complexity index is 700. The zero-order chi connectivity index (χ0) is 18.6. The summed E-state index contributed by atoms with van der Waals surface area (Å²) in [5.74, 6) is 0.191. The molecule has 1 unspecified atom stereocenters. The first-order valence-corrected chi connectivity index (χ1v) is 11.0. The lowest BCUT2D eigenvalue weighted by atomic mass is 10.00. The van der Waals surface area contributed by atoms with Gasteiger partial charge in [0.15, 0.2) is 0 Å². The van der Waals surface area contributed by atoms with Gasteiger partial charge in [0.25, 0.3) is 0 Å². The van der Waals surface area contributed by atoms with E-state index in [-0.39, 0.29) is 5.91 Å². The summed E-state index contributed by atoms with van der Waals surface area (Å²) in [7, 11) is -3.44. The van der Waals surface area contributed by atoms with Crippen LogP contribution in [-0.2, 0) is 14.8 Å². The van der Waals surface area contributed by atoms with Gasteiger partial charge in [-0.15, -0.1) is 0 Å². The average molecular weight is 380 g/mol. The van der Waals surface area contributed by atoms with Crippen molar-refractivity contribution in [1.82, 2.24) is 14.1 Å². The predicted octanol–water partition coefficient (Wildman–Crippen LogP) is 1.78. The van der Waals surface area contributed by atoms with E-state index in [4.69, 9.17) is 0 Å². The summed E-state index contributed by atoms with van der Waals surface area (Å²) in [5.41, 5.74) is 0. The van der Waals surface area contributed by atoms with E-state index in [2.05, 4.69) is 11.8 Å². The third-order valence-electron chi connectivity index (χ3n) is 5.49. The van der Waals surface area contributed by atoms with Crippen LogP contribution < -0.4 is 0 Å². The number of hydrogen-bond donors (Lipinski definition) is 0. The van der Waals surface area contributed by atoms with Crippen molar-refractivity contribution in [3.05, 3.63) is 30.3 Å². The Hall–Kier alpha value is -1.44. The highest BCUT2D eigenvalue weighted by molar-refractivity contribution is 7.89. The van der Waals surface area contributed by atoms with Gasteiger partial charge in [0, 0.05) is 38.8 Å². The van der Waals surface area contributed by atoms with Crippen LogP contribution in [0.15, 0.2) is 35.2 Å². The number of hydrogen-bond acceptors (Lipinski definition) is 4. The number of carbonyl (C=O) groups excluding carboxylic acids is 1. The Labute approximate surface area is 156 Å². The highest BCUT2D eigenvalue weighted by Crippen LogP contribution is 2.21. The molecule has 1 aromatic rings. The maximum Gasteiger partial charge on any atom is 0.243 e. The van der Waals surface area contributed by atoms with Gasteiger partial charge in [-0.1, -0.05) is 25.1 Å². The largest absolute Gasteiger partial charge is 0.339 e. The van der Waals surface area contributed by atoms with Gasteiger partial charge in [0.1, 0.15) is 0 Å². The number of piperazine rings is 1. The quantitative estimate of drug-likeness (QED) is 0.782. The molecule has 1 amide bonds. The first kappa shape index (κ1) is 19.3. The van der Waals surface area contributed by atoms with Gasteiger partial charge < -0.3 is 4.90 Å². The molecule has 1 atom stereocenters. The first-order valence-electron chi connectivity index (χ1n) is 9.59. The van der Waals surface area contributed by atoms with Crippen molar-refractivity contribution in [2.75, 3.05) is 39.3 Å². The highest BCUT2D eigenvalue weighted by Gasteiger charge is 2.31. The van der Waals surface area contributed by atoms with Crippen LogP contribution in [0.3, 0.4) is 0 Å². The molecular weight excluding hydrogens is 350 g/mol. The zero-order valence-electron chi connectivity index (χ0n) is 15.5. The molecule has 26 heavy (non-hydrogen) atoms. The van der Waals surface area contributed by atoms with Crippen LogP contribution in [0, 0.1) is 0 Å². The Morgan fingerprint density at radius 3 is 2.38 bits per heavy atom. The van der Waals surface area contributed by atoms with Crippen LogP contribution in [0.4, 0.5) is 0 Å². The second-order valence-corrected chi connectivity index (χ2v) is 9.08. The van der Waals surface area contributed by atoms with Gasteiger partial charge in [-0.2, -0.15) is 4.31 Å². The molecule has 0 saturated carbocycles. The van der Waals surface area contributed by atoms with Gasteiger partial charge in [-0.25, -0.2) is 8.42 Å². The second kappa shape index (κ2) is 8.50. The summed E-state index contributed by atoms with van der Waals surface area (Å²) in [4.78, 5) is 17.1. The number of piperidine rings is 1. The standard InChI is InChI=1S/C19H29N3O3S/c1-2-17-8-6-7-11-22(17)19(23)16-20-12-14-21(15-13-20)26(24,25)18-9-4-3-5-10-18/h3-5,9-10,17H,2,6-8,11-16H2,1H3. The maximum absolute atomic E-state index is 12.7. The number of sulfonamides is 1. The van der Waals surface area contributed by atoms with Gasteiger partial charge in [0.2, 0.25) is 15.9 Å². The van der Waals surface area contributed by atoms with E-state index < -0.39 is 10.0 Å². The van der Waals surface area contributed by atoms with Crippen LogP contribution in [0.1, 0.15) is 32.6 Å². The maximum atomic E-state index is 12.7. The van der Waals surface area contributed by atoms with E-state index in [9.17, 15) is 13.2 Å². The van der Waals surface area contributed by atoms with E-state index in [1.54, 1.807) is 24.3 Å². The molecule has 2 aliphatic rings. The van der Waals surface area contributed by atoms with Crippen LogP contribution in [-0.4, -0.2) is 73.7 Å². The summed E-state index contributed by atoms with van der Waals surface area (Å²) >= 11 is 0. The molecule has 1 aromatic carbocycles. The van der Waals surface area contributed by atoms with Gasteiger partial charge in [-0.3, -0.25) is 9.69 Å². The predicted molar refractivity (Wildman–Crippen MR) is 101 cm³/mol. The normalized spacial score (nSPS) is 23.1. The van der Waals surface area contributed by atoms with Crippen LogP contribution in [0.5, 0.6) is 0 Å². The molecular formula is C19H29N3O3S. The van der Waals surface area contributed by atoms with E-state index in [1.807, 2.05) is 11.0 Å². The number of likely N-dealkylation sites (tertiary alicyclic amines) is 1. The van der Waals surface area contributed by atoms with Crippen molar-refractivity contribution >= 4 is 15.9 Å². The van der Waals surface area contributed by atoms with Crippen molar-refractivity contribution < 1.29 is 13.2 Å². The topological polar surface area (TPSA) is 60.9 Å². The monoisotopic (exact) mass is 379 g/mol. The van der Waals surface area contributed by atoms with Crippen LogP contribution in [0.2, 0.25) is 0 Å². The van der Waals surface area contributed by atoms with Gasteiger partial charge in [-0.05, 0) is 37.8 Å². The molecule has 2 saturated heterocycles.